The molecule has 30 heavy (non-hydrogen) atoms. The number of hydrogen-bond acceptors (Lipinski definition) is 3. The summed E-state index contributed by atoms with van der Waals surface area (Å²) in [7, 11) is 0. The maximum absolute atomic E-state index is 12.5. The third-order valence-electron chi connectivity index (χ3n) is 4.72. The highest BCUT2D eigenvalue weighted by atomic mass is 19.3. The highest BCUT2D eigenvalue weighted by Crippen LogP contribution is 2.24. The Morgan fingerprint density at radius 3 is 1.93 bits per heavy atom. The van der Waals surface area contributed by atoms with Crippen LogP contribution in [0, 0.1) is 0 Å². The van der Waals surface area contributed by atoms with Gasteiger partial charge < -0.3 is 10.1 Å². The van der Waals surface area contributed by atoms with Crippen LogP contribution in [-0.2, 0) is 4.79 Å². The summed E-state index contributed by atoms with van der Waals surface area (Å²) >= 11 is 0. The molecule has 0 unspecified atom stereocenters. The molecule has 0 aliphatic carbocycles. The first kappa shape index (κ1) is 21.5. The van der Waals surface area contributed by atoms with Gasteiger partial charge >= 0.3 is 6.61 Å². The van der Waals surface area contributed by atoms with E-state index in [0.717, 1.165) is 16.7 Å². The highest BCUT2D eigenvalue weighted by molar-refractivity contribution is 5.78. The molecular weight excluding hydrogens is 386 g/mol. The van der Waals surface area contributed by atoms with Crippen molar-refractivity contribution in [2.24, 2.45) is 0 Å². The molecule has 0 aliphatic rings. The Hall–Kier alpha value is -3.25. The maximum Gasteiger partial charge on any atom is 0.387 e. The van der Waals surface area contributed by atoms with Crippen molar-refractivity contribution in [2.45, 2.75) is 25.6 Å². The topological polar surface area (TPSA) is 50.4 Å². The van der Waals surface area contributed by atoms with E-state index in [9.17, 15) is 13.6 Å². The van der Waals surface area contributed by atoms with Crippen molar-refractivity contribution in [1.82, 2.24) is 10.6 Å². The van der Waals surface area contributed by atoms with E-state index in [1.165, 1.54) is 12.1 Å². The fourth-order valence-electron chi connectivity index (χ4n) is 3.23. The molecular formula is C24H24F2N2O2. The number of halogens is 2. The van der Waals surface area contributed by atoms with E-state index >= 15 is 0 Å². The van der Waals surface area contributed by atoms with Crippen LogP contribution in [0.25, 0.3) is 0 Å². The molecule has 0 heterocycles. The second-order valence-corrected chi connectivity index (χ2v) is 6.87. The van der Waals surface area contributed by atoms with Crippen LogP contribution in [0.15, 0.2) is 84.9 Å². The molecule has 2 N–H and O–H groups in total. The number of carbonyl (C=O) groups excluding carboxylic acids is 1. The number of rotatable bonds is 9. The number of carbonyl (C=O) groups is 1. The number of alkyl halides is 2. The molecule has 0 saturated heterocycles. The first-order valence-corrected chi connectivity index (χ1v) is 9.70. The Kier molecular flexibility index (Phi) is 7.51. The Morgan fingerprint density at radius 2 is 1.37 bits per heavy atom. The third kappa shape index (κ3) is 6.12. The minimum Gasteiger partial charge on any atom is -0.435 e. The van der Waals surface area contributed by atoms with Crippen LogP contribution < -0.4 is 15.4 Å². The standard InChI is InChI=1S/C24H24F2N2O2/c1-17(18-8-4-2-5-9-18)28-22(29)16-27-23(19-10-6-3-7-11-19)20-12-14-21(15-13-20)30-24(25)26/h2-15,17,23-24,27H,16H2,1H3,(H,28,29)/t17-,23-/m1/s1. The average Bonchev–Trinajstić information content (AvgIpc) is 2.76. The van der Waals surface area contributed by atoms with E-state index in [0.29, 0.717) is 0 Å². The molecule has 0 saturated carbocycles. The number of benzene rings is 3. The first-order valence-electron chi connectivity index (χ1n) is 9.70. The van der Waals surface area contributed by atoms with Crippen molar-refractivity contribution < 1.29 is 18.3 Å². The zero-order valence-corrected chi connectivity index (χ0v) is 16.6. The summed E-state index contributed by atoms with van der Waals surface area (Å²) in [6.45, 7) is -0.829. The van der Waals surface area contributed by atoms with Crippen LogP contribution in [0.5, 0.6) is 5.75 Å². The summed E-state index contributed by atoms with van der Waals surface area (Å²) in [5, 5.41) is 6.25. The van der Waals surface area contributed by atoms with Gasteiger partial charge in [0.25, 0.3) is 0 Å². The van der Waals surface area contributed by atoms with Gasteiger partial charge in [0.05, 0.1) is 18.6 Å². The molecule has 156 valence electrons. The molecule has 0 radical (unpaired) electrons. The van der Waals surface area contributed by atoms with Gasteiger partial charge in [-0.25, -0.2) is 0 Å². The lowest BCUT2D eigenvalue weighted by Gasteiger charge is -2.21. The fraction of sp³-hybridized carbons (Fsp3) is 0.208. The van der Waals surface area contributed by atoms with E-state index < -0.39 is 6.61 Å². The Morgan fingerprint density at radius 1 is 0.833 bits per heavy atom. The van der Waals surface area contributed by atoms with E-state index in [1.807, 2.05) is 67.6 Å². The van der Waals surface area contributed by atoms with Gasteiger partial charge in [0.2, 0.25) is 5.91 Å². The van der Waals surface area contributed by atoms with Gasteiger partial charge in [-0.3, -0.25) is 10.1 Å². The third-order valence-corrected chi connectivity index (χ3v) is 4.72. The molecule has 0 fully saturated rings. The predicted octanol–water partition coefficient (Wildman–Crippen LogP) is 4.84. The number of amides is 1. The molecule has 6 heteroatoms. The minimum absolute atomic E-state index is 0.0926. The van der Waals surface area contributed by atoms with Crippen LogP contribution in [0.2, 0.25) is 0 Å². The van der Waals surface area contributed by atoms with Gasteiger partial charge in [-0.1, -0.05) is 72.8 Å². The van der Waals surface area contributed by atoms with E-state index in [2.05, 4.69) is 15.4 Å². The molecule has 0 bridgehead atoms. The van der Waals surface area contributed by atoms with Gasteiger partial charge in [0.1, 0.15) is 5.75 Å². The molecule has 3 aromatic rings. The highest BCUT2D eigenvalue weighted by Gasteiger charge is 2.17. The summed E-state index contributed by atoms with van der Waals surface area (Å²) < 4.78 is 29.2. The van der Waals surface area contributed by atoms with Gasteiger partial charge in [0.15, 0.2) is 0 Å². The Bertz CT molecular complexity index is 919. The molecule has 0 aliphatic heterocycles. The Labute approximate surface area is 174 Å². The van der Waals surface area contributed by atoms with Gasteiger partial charge in [-0.15, -0.1) is 0 Å². The van der Waals surface area contributed by atoms with E-state index in [1.54, 1.807) is 12.1 Å². The molecule has 1 amide bonds. The lowest BCUT2D eigenvalue weighted by Crippen LogP contribution is -2.37. The van der Waals surface area contributed by atoms with Crippen molar-refractivity contribution in [3.8, 4) is 5.75 Å². The maximum atomic E-state index is 12.5. The van der Waals surface area contributed by atoms with Crippen LogP contribution >= 0.6 is 0 Å². The van der Waals surface area contributed by atoms with Crippen LogP contribution in [0.1, 0.15) is 35.7 Å². The zero-order chi connectivity index (χ0) is 21.3. The second kappa shape index (κ2) is 10.5. The first-order chi connectivity index (χ1) is 14.5. The molecule has 0 aromatic heterocycles. The molecule has 3 rings (SSSR count). The van der Waals surface area contributed by atoms with Crippen molar-refractivity contribution in [1.29, 1.82) is 0 Å². The SMILES string of the molecule is C[C@@H](NC(=O)CN[C@H](c1ccccc1)c1ccc(OC(F)F)cc1)c1ccccc1. The van der Waals surface area contributed by atoms with Crippen molar-refractivity contribution >= 4 is 5.91 Å². The van der Waals surface area contributed by atoms with Crippen LogP contribution in [-0.4, -0.2) is 19.1 Å². The molecule has 3 aromatic carbocycles. The quantitative estimate of drug-likeness (QED) is 0.531. The van der Waals surface area contributed by atoms with Gasteiger partial charge in [-0.05, 0) is 35.7 Å². The summed E-state index contributed by atoms with van der Waals surface area (Å²) in [4.78, 5) is 12.5. The number of ether oxygens (including phenoxy) is 1. The van der Waals surface area contributed by atoms with Crippen molar-refractivity contribution in [3.63, 3.8) is 0 Å². The largest absolute Gasteiger partial charge is 0.435 e. The average molecular weight is 410 g/mol. The summed E-state index contributed by atoms with van der Waals surface area (Å²) in [6.07, 6.45) is 0. The summed E-state index contributed by atoms with van der Waals surface area (Å²) in [5.41, 5.74) is 2.83. The number of nitrogens with one attached hydrogen (secondary N) is 2. The normalized spacial score (nSPS) is 12.9. The van der Waals surface area contributed by atoms with Gasteiger partial charge in [-0.2, -0.15) is 8.78 Å². The minimum atomic E-state index is -2.87. The summed E-state index contributed by atoms with van der Waals surface area (Å²) in [6, 6.07) is 25.4. The lowest BCUT2D eigenvalue weighted by atomic mass is 9.98. The zero-order valence-electron chi connectivity index (χ0n) is 16.6. The van der Waals surface area contributed by atoms with Crippen LogP contribution in [0.3, 0.4) is 0 Å². The second-order valence-electron chi connectivity index (χ2n) is 6.87. The molecule has 4 nitrogen and oxygen atoms in total. The smallest absolute Gasteiger partial charge is 0.387 e. The van der Waals surface area contributed by atoms with Crippen molar-refractivity contribution in [3.05, 3.63) is 102 Å². The van der Waals surface area contributed by atoms with Crippen molar-refractivity contribution in [2.75, 3.05) is 6.54 Å². The predicted molar refractivity (Wildman–Crippen MR) is 112 cm³/mol. The fourth-order valence-corrected chi connectivity index (χ4v) is 3.23. The molecule has 0 spiro atoms. The van der Waals surface area contributed by atoms with Crippen LogP contribution in [0.4, 0.5) is 8.78 Å². The van der Waals surface area contributed by atoms with Gasteiger partial charge in [0, 0.05) is 0 Å². The summed E-state index contributed by atoms with van der Waals surface area (Å²) in [5.74, 6) is -0.0417. The molecule has 2 atom stereocenters. The Balaban J connectivity index is 1.68. The lowest BCUT2D eigenvalue weighted by molar-refractivity contribution is -0.121. The van der Waals surface area contributed by atoms with E-state index in [4.69, 9.17) is 0 Å². The number of hydrogen-bond donors (Lipinski definition) is 2. The van der Waals surface area contributed by atoms with E-state index in [-0.39, 0.29) is 30.3 Å². The monoisotopic (exact) mass is 410 g/mol.